The summed E-state index contributed by atoms with van der Waals surface area (Å²) in [6.07, 6.45) is 5.72. The van der Waals surface area contributed by atoms with Crippen LogP contribution < -0.4 is 0 Å². The van der Waals surface area contributed by atoms with E-state index >= 15 is 0 Å². The third-order valence-corrected chi connectivity index (χ3v) is 8.99. The van der Waals surface area contributed by atoms with E-state index in [1.54, 1.807) is 0 Å². The van der Waals surface area contributed by atoms with E-state index in [1.807, 2.05) is 0 Å². The van der Waals surface area contributed by atoms with Crippen LogP contribution in [0.25, 0.3) is 0 Å². The summed E-state index contributed by atoms with van der Waals surface area (Å²) in [5, 5.41) is 60.9. The third-order valence-electron chi connectivity index (χ3n) is 8.52. The van der Waals surface area contributed by atoms with Crippen LogP contribution in [-0.2, 0) is 33.5 Å². The van der Waals surface area contributed by atoms with Gasteiger partial charge in [-0.25, -0.2) is 4.18 Å². The fourth-order valence-corrected chi connectivity index (χ4v) is 6.33. The molecule has 0 radical (unpaired) electrons. The van der Waals surface area contributed by atoms with Gasteiger partial charge in [-0.05, 0) is 6.42 Å². The van der Waals surface area contributed by atoms with Crippen LogP contribution in [-0.4, -0.2) is 125 Å². The van der Waals surface area contributed by atoms with Gasteiger partial charge in [-0.1, -0.05) is 103 Å². The second kappa shape index (κ2) is 21.4. The molecule has 0 aromatic carbocycles. The summed E-state index contributed by atoms with van der Waals surface area (Å²) < 4.78 is 58.6. The van der Waals surface area contributed by atoms with Gasteiger partial charge in [0.25, 0.3) is 0 Å². The molecule has 0 aromatic heterocycles. The molecular weight excluding hydrogens is 616 g/mol. The Kier molecular flexibility index (Phi) is 19.4. The molecule has 0 aromatic rings. The number of ether oxygens (including phenoxy) is 4. The molecule has 9 atom stereocenters. The van der Waals surface area contributed by atoms with Crippen LogP contribution in [0.3, 0.4) is 0 Å². The van der Waals surface area contributed by atoms with Gasteiger partial charge >= 0.3 is 10.4 Å². The predicted octanol–water partition coefficient (Wildman–Crippen LogP) is 1.72. The molecule has 1 unspecified atom stereocenters. The van der Waals surface area contributed by atoms with Crippen molar-refractivity contribution in [2.75, 3.05) is 26.4 Å². The van der Waals surface area contributed by atoms with Crippen molar-refractivity contribution in [3.05, 3.63) is 0 Å². The van der Waals surface area contributed by atoms with Gasteiger partial charge in [0.1, 0.15) is 49.3 Å². The van der Waals surface area contributed by atoms with Gasteiger partial charge in [-0.15, -0.1) is 0 Å². The van der Waals surface area contributed by atoms with Crippen LogP contribution in [0, 0.1) is 0 Å². The van der Waals surface area contributed by atoms with E-state index in [0.29, 0.717) is 6.42 Å². The summed E-state index contributed by atoms with van der Waals surface area (Å²) in [5.74, 6) is -2.34. The summed E-state index contributed by atoms with van der Waals surface area (Å²) in [4.78, 5) is 0. The third kappa shape index (κ3) is 13.8. The van der Waals surface area contributed by atoms with Crippen molar-refractivity contribution in [2.24, 2.45) is 0 Å². The summed E-state index contributed by atoms with van der Waals surface area (Å²) >= 11 is 0. The Morgan fingerprint density at radius 1 is 0.711 bits per heavy atom. The maximum absolute atomic E-state index is 11.4. The van der Waals surface area contributed by atoms with E-state index in [-0.39, 0.29) is 13.2 Å². The fraction of sp³-hybridized carbons (Fsp3) is 1.00. The molecule has 2 fully saturated rings. The Morgan fingerprint density at radius 2 is 1.22 bits per heavy atom. The van der Waals surface area contributed by atoms with Gasteiger partial charge in [-0.2, -0.15) is 8.42 Å². The van der Waals surface area contributed by atoms with Crippen LogP contribution in [0.4, 0.5) is 0 Å². The maximum atomic E-state index is 11.4. The molecular formula is C30H58O14S. The SMILES string of the molecule is CCCCCCCCCCCCCCCCCCOC[C@H]1O[C@H](OC2(CO)O[C@H](CO)[C@@H](O)[C@@H]2O)[C@H](O)[C@@H](O)[C@@H]1OS(=O)(=O)O. The van der Waals surface area contributed by atoms with E-state index in [1.165, 1.54) is 77.0 Å². The molecule has 0 saturated carbocycles. The van der Waals surface area contributed by atoms with E-state index in [9.17, 15) is 43.6 Å². The first-order valence-corrected chi connectivity index (χ1v) is 18.0. The van der Waals surface area contributed by atoms with E-state index in [2.05, 4.69) is 11.1 Å². The Labute approximate surface area is 267 Å². The highest BCUT2D eigenvalue weighted by atomic mass is 32.3. The van der Waals surface area contributed by atoms with Crippen molar-refractivity contribution < 1.29 is 66.7 Å². The van der Waals surface area contributed by atoms with Crippen LogP contribution in [0.5, 0.6) is 0 Å². The quantitative estimate of drug-likeness (QED) is 0.0541. The minimum Gasteiger partial charge on any atom is -0.394 e. The smallest absolute Gasteiger partial charge is 0.394 e. The first kappa shape index (κ1) is 40.6. The lowest BCUT2D eigenvalue weighted by Gasteiger charge is -2.44. The van der Waals surface area contributed by atoms with Crippen molar-refractivity contribution in [2.45, 2.75) is 164 Å². The summed E-state index contributed by atoms with van der Waals surface area (Å²) in [6.45, 7) is 0.451. The average molecular weight is 675 g/mol. The van der Waals surface area contributed by atoms with Gasteiger partial charge in [0.05, 0.1) is 13.2 Å². The molecule has 7 N–H and O–H groups in total. The largest absolute Gasteiger partial charge is 0.397 e. The maximum Gasteiger partial charge on any atom is 0.397 e. The lowest BCUT2D eigenvalue weighted by Crippen LogP contribution is -2.63. The zero-order valence-electron chi connectivity index (χ0n) is 26.7. The molecule has 2 aliphatic rings. The fourth-order valence-electron chi connectivity index (χ4n) is 5.81. The topological polar surface area (TPSA) is 222 Å². The lowest BCUT2D eigenvalue weighted by atomic mass is 9.99. The Morgan fingerprint density at radius 3 is 1.67 bits per heavy atom. The molecule has 2 saturated heterocycles. The van der Waals surface area contributed by atoms with Crippen LogP contribution in [0.15, 0.2) is 0 Å². The lowest BCUT2D eigenvalue weighted by molar-refractivity contribution is -0.382. The molecule has 0 amide bonds. The molecule has 15 heteroatoms. The summed E-state index contributed by atoms with van der Waals surface area (Å²) in [5.41, 5.74) is 0. The number of aliphatic hydroxyl groups excluding tert-OH is 6. The molecule has 45 heavy (non-hydrogen) atoms. The van der Waals surface area contributed by atoms with Crippen molar-refractivity contribution >= 4 is 10.4 Å². The molecule has 2 rings (SSSR count). The average Bonchev–Trinajstić information content (AvgIpc) is 3.25. The molecule has 14 nitrogen and oxygen atoms in total. The Hall–Kier alpha value is -0.530. The van der Waals surface area contributed by atoms with Crippen LogP contribution in [0.1, 0.15) is 110 Å². The number of hydrogen-bond donors (Lipinski definition) is 7. The number of rotatable bonds is 25. The Bertz CT molecular complexity index is 879. The molecule has 0 spiro atoms. The van der Waals surface area contributed by atoms with Crippen molar-refractivity contribution in [1.82, 2.24) is 0 Å². The monoisotopic (exact) mass is 674 g/mol. The highest BCUT2D eigenvalue weighted by molar-refractivity contribution is 7.80. The number of aliphatic hydroxyl groups is 6. The predicted molar refractivity (Wildman–Crippen MR) is 162 cm³/mol. The van der Waals surface area contributed by atoms with Crippen LogP contribution >= 0.6 is 0 Å². The zero-order valence-corrected chi connectivity index (χ0v) is 27.5. The summed E-state index contributed by atoms with van der Waals surface area (Å²) in [6, 6.07) is 0. The van der Waals surface area contributed by atoms with Gasteiger partial charge < -0.3 is 49.6 Å². The zero-order chi connectivity index (χ0) is 33.3. The van der Waals surface area contributed by atoms with Gasteiger partial charge in [0, 0.05) is 6.61 Å². The first-order valence-electron chi connectivity index (χ1n) is 16.7. The molecule has 0 aliphatic carbocycles. The molecule has 2 aliphatic heterocycles. The minimum atomic E-state index is -5.07. The second-order valence-electron chi connectivity index (χ2n) is 12.3. The molecule has 268 valence electrons. The number of hydrogen-bond acceptors (Lipinski definition) is 13. The standard InChI is InChI=1S/C30H58O14S/c1-2-3-4-5-6-7-8-9-10-11-12-13-14-15-16-17-18-40-20-23-27(44-45(37,38)39)25(34)26(35)29(41-23)43-30(21-32)28(36)24(33)22(19-31)42-30/h22-29,31-36H,2-21H2,1H3,(H,37,38,39)/t22-,23-,24-,25-,26-,27-,28+,29-,30?/m1/s1. The second-order valence-corrected chi connectivity index (χ2v) is 13.3. The Balaban J connectivity index is 1.71. The van der Waals surface area contributed by atoms with Crippen molar-refractivity contribution in [1.29, 1.82) is 0 Å². The molecule has 2 heterocycles. The van der Waals surface area contributed by atoms with E-state index < -0.39 is 78.4 Å². The number of unbranched alkanes of at least 4 members (excludes halogenated alkanes) is 15. The normalized spacial score (nSPS) is 32.4. The molecule has 0 bridgehead atoms. The van der Waals surface area contributed by atoms with Gasteiger partial charge in [0.2, 0.25) is 5.79 Å². The van der Waals surface area contributed by atoms with Crippen molar-refractivity contribution in [3.8, 4) is 0 Å². The highest BCUT2D eigenvalue weighted by Gasteiger charge is 2.58. The van der Waals surface area contributed by atoms with E-state index in [0.717, 1.165) is 19.3 Å². The van der Waals surface area contributed by atoms with Crippen LogP contribution in [0.2, 0.25) is 0 Å². The van der Waals surface area contributed by atoms with Crippen molar-refractivity contribution in [3.63, 3.8) is 0 Å². The minimum absolute atomic E-state index is 0.286. The first-order chi connectivity index (χ1) is 21.5. The van der Waals surface area contributed by atoms with Gasteiger partial charge in [-0.3, -0.25) is 4.55 Å². The summed E-state index contributed by atoms with van der Waals surface area (Å²) in [7, 11) is -5.07. The van der Waals surface area contributed by atoms with Gasteiger partial charge in [0.15, 0.2) is 6.29 Å². The van der Waals surface area contributed by atoms with E-state index in [4.69, 9.17) is 18.9 Å². The highest BCUT2D eigenvalue weighted by Crippen LogP contribution is 2.36.